The molecule has 0 amide bonds. The third kappa shape index (κ3) is 2.62. The van der Waals surface area contributed by atoms with Gasteiger partial charge in [0.15, 0.2) is 0 Å². The highest BCUT2D eigenvalue weighted by Gasteiger charge is 1.92. The molecule has 0 atom stereocenters. The molecule has 0 heterocycles. The molecular weight excluding hydrogens is 194 g/mol. The lowest BCUT2D eigenvalue weighted by molar-refractivity contribution is 0.811. The summed E-state index contributed by atoms with van der Waals surface area (Å²) in [4.78, 5) is 0. The summed E-state index contributed by atoms with van der Waals surface area (Å²) in [5, 5.41) is 5.69. The standard InChI is InChI=1S/C15H15N/c1-2-16-11-5-6-13-9-10-14-7-3-4-8-15(14)12-13/h3-4,7-10,12,16H,2,11H2,1H3. The average Bonchev–Trinajstić information content (AvgIpc) is 2.34. The predicted octanol–water partition coefficient (Wildman–Crippen LogP) is 2.80. The number of benzene rings is 2. The van der Waals surface area contributed by atoms with Crippen molar-refractivity contribution < 1.29 is 0 Å². The van der Waals surface area contributed by atoms with Crippen LogP contribution in [0.25, 0.3) is 10.8 Å². The molecule has 80 valence electrons. The topological polar surface area (TPSA) is 12.0 Å². The Labute approximate surface area is 96.5 Å². The first-order valence-electron chi connectivity index (χ1n) is 5.58. The summed E-state index contributed by atoms with van der Waals surface area (Å²) < 4.78 is 0. The van der Waals surface area contributed by atoms with Gasteiger partial charge in [0.05, 0.1) is 6.54 Å². The van der Waals surface area contributed by atoms with Crippen LogP contribution in [0.5, 0.6) is 0 Å². The van der Waals surface area contributed by atoms with Gasteiger partial charge in [-0.25, -0.2) is 0 Å². The normalized spacial score (nSPS) is 9.81. The third-order valence-electron chi connectivity index (χ3n) is 2.45. The predicted molar refractivity (Wildman–Crippen MR) is 69.4 cm³/mol. The van der Waals surface area contributed by atoms with Crippen LogP contribution in [0.1, 0.15) is 12.5 Å². The summed E-state index contributed by atoms with van der Waals surface area (Å²) in [6, 6.07) is 14.7. The monoisotopic (exact) mass is 209 g/mol. The Kier molecular flexibility index (Phi) is 3.58. The quantitative estimate of drug-likeness (QED) is 0.592. The molecule has 0 spiro atoms. The summed E-state index contributed by atoms with van der Waals surface area (Å²) in [6.07, 6.45) is 0. The first-order valence-corrected chi connectivity index (χ1v) is 5.58. The van der Waals surface area contributed by atoms with E-state index in [0.29, 0.717) is 0 Å². The van der Waals surface area contributed by atoms with Crippen molar-refractivity contribution in [1.82, 2.24) is 5.32 Å². The minimum atomic E-state index is 0.753. The molecule has 1 heteroatoms. The van der Waals surface area contributed by atoms with Crippen LogP contribution in [-0.4, -0.2) is 13.1 Å². The van der Waals surface area contributed by atoms with E-state index in [1.165, 1.54) is 10.8 Å². The van der Waals surface area contributed by atoms with E-state index in [4.69, 9.17) is 0 Å². The Balaban J connectivity index is 2.21. The van der Waals surface area contributed by atoms with Gasteiger partial charge in [0, 0.05) is 5.56 Å². The molecule has 0 aliphatic heterocycles. The molecule has 0 saturated carbocycles. The Morgan fingerprint density at radius 1 is 1.06 bits per heavy atom. The molecule has 16 heavy (non-hydrogen) atoms. The Morgan fingerprint density at radius 3 is 2.69 bits per heavy atom. The lowest BCUT2D eigenvalue weighted by Gasteiger charge is -1.97. The molecule has 0 radical (unpaired) electrons. The van der Waals surface area contributed by atoms with Crippen LogP contribution in [-0.2, 0) is 0 Å². The van der Waals surface area contributed by atoms with Crippen molar-refractivity contribution >= 4 is 10.8 Å². The second kappa shape index (κ2) is 5.34. The number of rotatable bonds is 2. The van der Waals surface area contributed by atoms with E-state index < -0.39 is 0 Å². The molecule has 0 bridgehead atoms. The second-order valence-electron chi connectivity index (χ2n) is 3.64. The molecule has 0 saturated heterocycles. The first kappa shape index (κ1) is 10.7. The zero-order valence-corrected chi connectivity index (χ0v) is 9.46. The van der Waals surface area contributed by atoms with Crippen LogP contribution in [0.4, 0.5) is 0 Å². The van der Waals surface area contributed by atoms with Crippen molar-refractivity contribution in [3.63, 3.8) is 0 Å². The van der Waals surface area contributed by atoms with Gasteiger partial charge >= 0.3 is 0 Å². The van der Waals surface area contributed by atoms with E-state index in [0.717, 1.165) is 18.7 Å². The summed E-state index contributed by atoms with van der Waals surface area (Å²) in [5.74, 6) is 6.27. The second-order valence-corrected chi connectivity index (χ2v) is 3.64. The van der Waals surface area contributed by atoms with Crippen LogP contribution in [0.15, 0.2) is 42.5 Å². The minimum Gasteiger partial charge on any atom is -0.306 e. The van der Waals surface area contributed by atoms with Crippen LogP contribution in [0.3, 0.4) is 0 Å². The zero-order valence-electron chi connectivity index (χ0n) is 9.46. The maximum Gasteiger partial charge on any atom is 0.0580 e. The van der Waals surface area contributed by atoms with Crippen molar-refractivity contribution in [2.45, 2.75) is 6.92 Å². The average molecular weight is 209 g/mol. The SMILES string of the molecule is CCNCC#Cc1ccc2ccccc2c1. The number of hydrogen-bond donors (Lipinski definition) is 1. The molecule has 2 rings (SSSR count). The van der Waals surface area contributed by atoms with Gasteiger partial charge < -0.3 is 5.32 Å². The summed E-state index contributed by atoms with van der Waals surface area (Å²) >= 11 is 0. The van der Waals surface area contributed by atoms with Gasteiger partial charge in [-0.15, -0.1) is 0 Å². The van der Waals surface area contributed by atoms with Gasteiger partial charge in [0.1, 0.15) is 0 Å². The van der Waals surface area contributed by atoms with Crippen molar-refractivity contribution in [3.05, 3.63) is 48.0 Å². The molecule has 0 aromatic heterocycles. The van der Waals surface area contributed by atoms with E-state index in [1.54, 1.807) is 0 Å². The third-order valence-corrected chi connectivity index (χ3v) is 2.45. The van der Waals surface area contributed by atoms with Gasteiger partial charge in [-0.05, 0) is 29.4 Å². The highest BCUT2D eigenvalue weighted by atomic mass is 14.8. The molecule has 0 fully saturated rings. The molecule has 2 aromatic rings. The van der Waals surface area contributed by atoms with Crippen LogP contribution in [0, 0.1) is 11.8 Å². The first-order chi connectivity index (χ1) is 7.90. The number of nitrogens with one attached hydrogen (secondary N) is 1. The molecule has 0 aliphatic carbocycles. The smallest absolute Gasteiger partial charge is 0.0580 e. The zero-order chi connectivity index (χ0) is 11.2. The van der Waals surface area contributed by atoms with E-state index >= 15 is 0 Å². The van der Waals surface area contributed by atoms with E-state index in [2.05, 4.69) is 66.5 Å². The Morgan fingerprint density at radius 2 is 1.88 bits per heavy atom. The fourth-order valence-electron chi connectivity index (χ4n) is 1.60. The maximum atomic E-state index is 3.18. The fraction of sp³-hybridized carbons (Fsp3) is 0.200. The van der Waals surface area contributed by atoms with Crippen LogP contribution >= 0.6 is 0 Å². The van der Waals surface area contributed by atoms with Crippen molar-refractivity contribution in [2.75, 3.05) is 13.1 Å². The highest BCUT2D eigenvalue weighted by molar-refractivity contribution is 5.83. The summed E-state index contributed by atoms with van der Waals surface area (Å²) in [6.45, 7) is 3.80. The molecule has 0 aliphatic rings. The fourth-order valence-corrected chi connectivity index (χ4v) is 1.60. The van der Waals surface area contributed by atoms with Gasteiger partial charge in [-0.3, -0.25) is 0 Å². The summed E-state index contributed by atoms with van der Waals surface area (Å²) in [7, 11) is 0. The van der Waals surface area contributed by atoms with Gasteiger partial charge in [-0.1, -0.05) is 49.1 Å². The van der Waals surface area contributed by atoms with Gasteiger partial charge in [0.25, 0.3) is 0 Å². The summed E-state index contributed by atoms with van der Waals surface area (Å²) in [5.41, 5.74) is 1.08. The maximum absolute atomic E-state index is 3.18. The van der Waals surface area contributed by atoms with Gasteiger partial charge in [-0.2, -0.15) is 0 Å². The highest BCUT2D eigenvalue weighted by Crippen LogP contribution is 2.14. The number of hydrogen-bond acceptors (Lipinski definition) is 1. The lowest BCUT2D eigenvalue weighted by atomic mass is 10.1. The van der Waals surface area contributed by atoms with Crippen molar-refractivity contribution in [2.24, 2.45) is 0 Å². The largest absolute Gasteiger partial charge is 0.306 e. The molecule has 0 unspecified atom stereocenters. The van der Waals surface area contributed by atoms with Crippen LogP contribution < -0.4 is 5.32 Å². The molecular formula is C15H15N. The van der Waals surface area contributed by atoms with E-state index in [1.807, 2.05) is 0 Å². The van der Waals surface area contributed by atoms with E-state index in [-0.39, 0.29) is 0 Å². The lowest BCUT2D eigenvalue weighted by Crippen LogP contribution is -2.11. The van der Waals surface area contributed by atoms with Gasteiger partial charge in [0.2, 0.25) is 0 Å². The van der Waals surface area contributed by atoms with Crippen molar-refractivity contribution in [1.29, 1.82) is 0 Å². The molecule has 2 aromatic carbocycles. The Bertz CT molecular complexity index is 532. The Hall–Kier alpha value is -1.78. The molecule has 1 N–H and O–H groups in total. The van der Waals surface area contributed by atoms with E-state index in [9.17, 15) is 0 Å². The molecule has 1 nitrogen and oxygen atoms in total. The van der Waals surface area contributed by atoms with Crippen molar-refractivity contribution in [3.8, 4) is 11.8 Å². The van der Waals surface area contributed by atoms with Crippen LogP contribution in [0.2, 0.25) is 0 Å². The minimum absolute atomic E-state index is 0.753. The number of fused-ring (bicyclic) bond motifs is 1.